The third-order valence-electron chi connectivity index (χ3n) is 2.21. The largest absolute Gasteiger partial charge is 0.0991 e. The van der Waals surface area contributed by atoms with E-state index in [0.29, 0.717) is 0 Å². The molecule has 0 heterocycles. The van der Waals surface area contributed by atoms with Crippen molar-refractivity contribution in [2.45, 2.75) is 20.3 Å². The maximum atomic E-state index is 3.71. The predicted molar refractivity (Wildman–Crippen MR) is 50.4 cm³/mol. The fourth-order valence-electron chi connectivity index (χ4n) is 1.42. The van der Waals surface area contributed by atoms with E-state index in [1.807, 2.05) is 6.08 Å². The summed E-state index contributed by atoms with van der Waals surface area (Å²) in [6.45, 7) is 8.06. The van der Waals surface area contributed by atoms with Gasteiger partial charge in [0.15, 0.2) is 0 Å². The molecule has 0 aromatic rings. The Morgan fingerprint density at radius 2 is 2.18 bits per heavy atom. The molecule has 0 heteroatoms. The van der Waals surface area contributed by atoms with E-state index < -0.39 is 0 Å². The highest BCUT2D eigenvalue weighted by Gasteiger charge is 2.34. The first-order valence-corrected chi connectivity index (χ1v) is 4.25. The lowest BCUT2D eigenvalue weighted by Gasteiger charge is -1.96. The molecule has 1 rings (SSSR count). The van der Waals surface area contributed by atoms with E-state index >= 15 is 0 Å². The van der Waals surface area contributed by atoms with Gasteiger partial charge < -0.3 is 0 Å². The van der Waals surface area contributed by atoms with E-state index in [2.05, 4.69) is 38.7 Å². The van der Waals surface area contributed by atoms with Crippen LogP contribution in [0.2, 0.25) is 0 Å². The Balaban J connectivity index is 2.60. The summed E-state index contributed by atoms with van der Waals surface area (Å²) in [6.07, 6.45) is 9.63. The standard InChI is InChI=1S/C11H16/c1-4-6-10(7-5-2)11-8-9(11)3/h4-7,9,11H,1,8H2,2-3H3/b7-5-,10-6+. The van der Waals surface area contributed by atoms with E-state index in [4.69, 9.17) is 0 Å². The van der Waals surface area contributed by atoms with Crippen molar-refractivity contribution < 1.29 is 0 Å². The maximum absolute atomic E-state index is 3.71. The Morgan fingerprint density at radius 1 is 1.55 bits per heavy atom. The summed E-state index contributed by atoms with van der Waals surface area (Å²) < 4.78 is 0. The van der Waals surface area contributed by atoms with Crippen LogP contribution in [-0.4, -0.2) is 0 Å². The van der Waals surface area contributed by atoms with Crippen molar-refractivity contribution in [1.29, 1.82) is 0 Å². The molecule has 0 N–H and O–H groups in total. The van der Waals surface area contributed by atoms with E-state index in [0.717, 1.165) is 11.8 Å². The van der Waals surface area contributed by atoms with Crippen LogP contribution >= 0.6 is 0 Å². The average molecular weight is 148 g/mol. The average Bonchev–Trinajstić information content (AvgIpc) is 2.67. The van der Waals surface area contributed by atoms with Gasteiger partial charge >= 0.3 is 0 Å². The second-order valence-corrected chi connectivity index (χ2v) is 3.22. The van der Waals surface area contributed by atoms with Crippen LogP contribution in [-0.2, 0) is 0 Å². The fourth-order valence-corrected chi connectivity index (χ4v) is 1.42. The quantitative estimate of drug-likeness (QED) is 0.538. The van der Waals surface area contributed by atoms with Crippen LogP contribution in [0.25, 0.3) is 0 Å². The lowest BCUT2D eigenvalue weighted by molar-refractivity contribution is 0.873. The second-order valence-electron chi connectivity index (χ2n) is 3.22. The Bertz CT molecular complexity index is 196. The van der Waals surface area contributed by atoms with Crippen molar-refractivity contribution in [3.05, 3.63) is 36.5 Å². The first-order valence-electron chi connectivity index (χ1n) is 4.25. The third kappa shape index (κ3) is 2.07. The molecule has 1 aliphatic rings. The molecule has 11 heavy (non-hydrogen) atoms. The van der Waals surface area contributed by atoms with Gasteiger partial charge in [-0.3, -0.25) is 0 Å². The van der Waals surface area contributed by atoms with Crippen LogP contribution in [0.15, 0.2) is 36.5 Å². The van der Waals surface area contributed by atoms with Crippen molar-refractivity contribution >= 4 is 0 Å². The van der Waals surface area contributed by atoms with Crippen LogP contribution in [0.1, 0.15) is 20.3 Å². The van der Waals surface area contributed by atoms with Gasteiger partial charge in [0.25, 0.3) is 0 Å². The summed E-state index contributed by atoms with van der Waals surface area (Å²) in [6, 6.07) is 0. The lowest BCUT2D eigenvalue weighted by atomic mass is 10.1. The van der Waals surface area contributed by atoms with Crippen molar-refractivity contribution in [3.8, 4) is 0 Å². The van der Waals surface area contributed by atoms with Crippen LogP contribution in [0, 0.1) is 11.8 Å². The zero-order valence-electron chi connectivity index (χ0n) is 7.38. The smallest absolute Gasteiger partial charge is 0.0133 e. The molecule has 0 bridgehead atoms. The Hall–Kier alpha value is -0.780. The zero-order valence-corrected chi connectivity index (χ0v) is 7.38. The van der Waals surface area contributed by atoms with Crippen molar-refractivity contribution in [1.82, 2.24) is 0 Å². The minimum atomic E-state index is 0.809. The molecule has 0 aromatic heterocycles. The van der Waals surface area contributed by atoms with Crippen molar-refractivity contribution in [2.75, 3.05) is 0 Å². The lowest BCUT2D eigenvalue weighted by Crippen LogP contribution is -1.81. The molecule has 0 spiro atoms. The first kappa shape index (κ1) is 8.32. The molecule has 0 amide bonds. The van der Waals surface area contributed by atoms with Gasteiger partial charge in [-0.05, 0) is 30.8 Å². The highest BCUT2D eigenvalue weighted by molar-refractivity contribution is 5.29. The van der Waals surface area contributed by atoms with E-state index in [9.17, 15) is 0 Å². The molecule has 1 aliphatic carbocycles. The Kier molecular flexibility index (Phi) is 2.70. The monoisotopic (exact) mass is 148 g/mol. The number of allylic oxidation sites excluding steroid dienone is 5. The summed E-state index contributed by atoms with van der Waals surface area (Å²) >= 11 is 0. The Morgan fingerprint density at radius 3 is 2.55 bits per heavy atom. The van der Waals surface area contributed by atoms with Gasteiger partial charge in [0.2, 0.25) is 0 Å². The number of hydrogen-bond donors (Lipinski definition) is 0. The van der Waals surface area contributed by atoms with Crippen molar-refractivity contribution in [2.24, 2.45) is 11.8 Å². The van der Waals surface area contributed by atoms with Gasteiger partial charge in [-0.15, -0.1) is 0 Å². The van der Waals surface area contributed by atoms with Crippen molar-refractivity contribution in [3.63, 3.8) is 0 Å². The maximum Gasteiger partial charge on any atom is -0.0133 e. The highest BCUT2D eigenvalue weighted by atomic mass is 14.4. The van der Waals surface area contributed by atoms with Crippen LogP contribution in [0.5, 0.6) is 0 Å². The minimum absolute atomic E-state index is 0.809. The SMILES string of the molecule is C=C/C=C(\C=C/C)C1CC1C. The molecule has 0 aromatic carbocycles. The predicted octanol–water partition coefficient (Wildman–Crippen LogP) is 3.33. The number of hydrogen-bond acceptors (Lipinski definition) is 0. The summed E-state index contributed by atoms with van der Waals surface area (Å²) in [5.74, 6) is 1.70. The molecule has 2 unspecified atom stereocenters. The Labute approximate surface area is 69.3 Å². The topological polar surface area (TPSA) is 0 Å². The second kappa shape index (κ2) is 3.56. The molecule has 60 valence electrons. The van der Waals surface area contributed by atoms with E-state index in [-0.39, 0.29) is 0 Å². The van der Waals surface area contributed by atoms with Crippen LogP contribution in [0.3, 0.4) is 0 Å². The fraction of sp³-hybridized carbons (Fsp3) is 0.455. The molecule has 0 saturated heterocycles. The van der Waals surface area contributed by atoms with E-state index in [1.54, 1.807) is 0 Å². The van der Waals surface area contributed by atoms with Gasteiger partial charge in [0.05, 0.1) is 0 Å². The minimum Gasteiger partial charge on any atom is -0.0991 e. The summed E-state index contributed by atoms with van der Waals surface area (Å²) in [5, 5.41) is 0. The van der Waals surface area contributed by atoms with Gasteiger partial charge in [0.1, 0.15) is 0 Å². The molecule has 0 radical (unpaired) electrons. The van der Waals surface area contributed by atoms with Crippen LogP contribution < -0.4 is 0 Å². The summed E-state index contributed by atoms with van der Waals surface area (Å²) in [7, 11) is 0. The molecular weight excluding hydrogens is 132 g/mol. The highest BCUT2D eigenvalue weighted by Crippen LogP contribution is 2.43. The van der Waals surface area contributed by atoms with E-state index in [1.165, 1.54) is 12.0 Å². The van der Waals surface area contributed by atoms with Crippen LogP contribution in [0.4, 0.5) is 0 Å². The summed E-state index contributed by atoms with van der Waals surface area (Å²) in [4.78, 5) is 0. The van der Waals surface area contributed by atoms with Gasteiger partial charge in [-0.2, -0.15) is 0 Å². The molecule has 2 atom stereocenters. The molecular formula is C11H16. The number of rotatable bonds is 3. The normalized spacial score (nSPS) is 30.9. The third-order valence-corrected chi connectivity index (χ3v) is 2.21. The molecule has 0 aliphatic heterocycles. The molecule has 0 nitrogen and oxygen atoms in total. The molecule has 1 fully saturated rings. The first-order chi connectivity index (χ1) is 5.29. The van der Waals surface area contributed by atoms with Gasteiger partial charge in [-0.1, -0.05) is 37.8 Å². The molecule has 1 saturated carbocycles. The van der Waals surface area contributed by atoms with Gasteiger partial charge in [-0.25, -0.2) is 0 Å². The zero-order chi connectivity index (χ0) is 8.27. The summed E-state index contributed by atoms with van der Waals surface area (Å²) in [5.41, 5.74) is 1.44. The van der Waals surface area contributed by atoms with Gasteiger partial charge in [0, 0.05) is 0 Å².